The van der Waals surface area contributed by atoms with Crippen molar-refractivity contribution >= 4 is 23.2 Å². The lowest BCUT2D eigenvalue weighted by atomic mass is 9.86. The van der Waals surface area contributed by atoms with Crippen LogP contribution in [0.25, 0.3) is 10.4 Å². The van der Waals surface area contributed by atoms with Crippen molar-refractivity contribution in [3.05, 3.63) is 40.8 Å². The van der Waals surface area contributed by atoms with Gasteiger partial charge in [0.1, 0.15) is 12.4 Å². The number of hydrogen-bond donors (Lipinski definition) is 6. The van der Waals surface area contributed by atoms with Crippen molar-refractivity contribution in [1.29, 1.82) is 0 Å². The molecule has 4 unspecified atom stereocenters. The van der Waals surface area contributed by atoms with Gasteiger partial charge in [0.05, 0.1) is 42.1 Å². The monoisotopic (exact) mass is 462 g/mol. The largest absolute Gasteiger partial charge is 0.488 e. The molecule has 2 aromatic rings. The summed E-state index contributed by atoms with van der Waals surface area (Å²) in [6.07, 6.45) is -4.12. The zero-order chi connectivity index (χ0) is 22.6. The van der Waals surface area contributed by atoms with Crippen LogP contribution >= 0.6 is 11.3 Å². The Hall–Kier alpha value is -2.54. The second-order valence-corrected chi connectivity index (χ2v) is 9.13. The number of aliphatic hydroxyl groups is 4. The molecule has 1 saturated carbocycles. The predicted octanol–water partition coefficient (Wildman–Crippen LogP) is -0.842. The van der Waals surface area contributed by atoms with Crippen LogP contribution in [0.2, 0.25) is 0 Å². The minimum atomic E-state index is -1.60. The third-order valence-electron chi connectivity index (χ3n) is 6.29. The molecule has 0 radical (unpaired) electrons. The van der Waals surface area contributed by atoms with E-state index in [1.807, 2.05) is 24.3 Å². The zero-order valence-corrected chi connectivity index (χ0v) is 17.5. The Morgan fingerprint density at radius 2 is 1.97 bits per heavy atom. The second kappa shape index (κ2) is 7.80. The molecule has 10 nitrogen and oxygen atoms in total. The van der Waals surface area contributed by atoms with Gasteiger partial charge in [-0.2, -0.15) is 0 Å². The van der Waals surface area contributed by atoms with E-state index in [-0.39, 0.29) is 0 Å². The Morgan fingerprint density at radius 3 is 2.72 bits per heavy atom. The average Bonchev–Trinajstić information content (AvgIpc) is 3.28. The highest BCUT2D eigenvalue weighted by atomic mass is 32.1. The summed E-state index contributed by atoms with van der Waals surface area (Å²) < 4.78 is 11.0. The quantitative estimate of drug-likeness (QED) is 0.336. The Bertz CT molecular complexity index is 1060. The van der Waals surface area contributed by atoms with Gasteiger partial charge in [0.2, 0.25) is 5.91 Å². The molecule has 6 atom stereocenters. The standard InChI is InChI=1S/C21H22N2O8S/c24-7-11-16(26)17(27)15-20(29)31-21(11,15)23-14(25)6-22-19(28)13-5-9-8-30-12-4-2-1-3-10(12)18(9)32-13/h1-5,11,15-17,20,24,26-27,29H,6-8H2,(H,22,28)(H,23,25)/t11?,15?,16-,17?,20-,21?/m1/s1. The zero-order valence-electron chi connectivity index (χ0n) is 16.7. The van der Waals surface area contributed by atoms with Gasteiger partial charge in [-0.1, -0.05) is 12.1 Å². The number of aliphatic hydroxyl groups excluding tert-OH is 4. The summed E-state index contributed by atoms with van der Waals surface area (Å²) in [5.41, 5.74) is 0.203. The first-order chi connectivity index (χ1) is 15.4. The number of thiophene rings is 1. The summed E-state index contributed by atoms with van der Waals surface area (Å²) in [5, 5.41) is 44.7. The van der Waals surface area contributed by atoms with Gasteiger partial charge in [-0.25, -0.2) is 0 Å². The molecule has 1 saturated heterocycles. The van der Waals surface area contributed by atoms with Gasteiger partial charge in [0, 0.05) is 16.0 Å². The number of hydrogen-bond acceptors (Lipinski definition) is 9. The molecule has 3 aliphatic rings. The van der Waals surface area contributed by atoms with Crippen LogP contribution in [0.3, 0.4) is 0 Å². The molecular formula is C21H22N2O8S. The molecule has 0 spiro atoms. The molecule has 0 bridgehead atoms. The van der Waals surface area contributed by atoms with Gasteiger partial charge in [-0.05, 0) is 18.2 Å². The number of carbonyl (C=O) groups excluding carboxylic acids is 2. The van der Waals surface area contributed by atoms with Gasteiger partial charge in [0.15, 0.2) is 12.0 Å². The number of para-hydroxylation sites is 1. The Kier molecular flexibility index (Phi) is 5.19. The number of nitrogens with one attached hydrogen (secondary N) is 2. The van der Waals surface area contributed by atoms with E-state index in [2.05, 4.69) is 10.6 Å². The topological polar surface area (TPSA) is 158 Å². The normalized spacial score (nSPS) is 32.1. The lowest BCUT2D eigenvalue weighted by molar-refractivity contribution is -0.359. The van der Waals surface area contributed by atoms with Crippen LogP contribution < -0.4 is 15.4 Å². The summed E-state index contributed by atoms with van der Waals surface area (Å²) in [7, 11) is 0. The molecule has 1 aromatic carbocycles. The maximum atomic E-state index is 12.6. The third-order valence-corrected chi connectivity index (χ3v) is 7.50. The van der Waals surface area contributed by atoms with Crippen LogP contribution in [-0.2, 0) is 16.1 Å². The van der Waals surface area contributed by atoms with Crippen molar-refractivity contribution < 1.29 is 39.5 Å². The average molecular weight is 462 g/mol. The molecule has 5 rings (SSSR count). The number of ether oxygens (including phenoxy) is 2. The fourth-order valence-electron chi connectivity index (χ4n) is 4.72. The molecule has 2 amide bonds. The van der Waals surface area contributed by atoms with Gasteiger partial charge in [-0.15, -0.1) is 11.3 Å². The lowest BCUT2D eigenvalue weighted by Crippen LogP contribution is -2.72. The van der Waals surface area contributed by atoms with E-state index in [0.717, 1.165) is 21.8 Å². The van der Waals surface area contributed by atoms with E-state index in [1.165, 1.54) is 11.3 Å². The molecule has 3 heterocycles. The summed E-state index contributed by atoms with van der Waals surface area (Å²) in [5.74, 6) is -2.34. The molecule has 2 fully saturated rings. The van der Waals surface area contributed by atoms with Gasteiger partial charge >= 0.3 is 0 Å². The van der Waals surface area contributed by atoms with E-state index in [4.69, 9.17) is 9.47 Å². The summed E-state index contributed by atoms with van der Waals surface area (Å²) >= 11 is 1.31. The molecule has 32 heavy (non-hydrogen) atoms. The van der Waals surface area contributed by atoms with Crippen molar-refractivity contribution in [2.75, 3.05) is 13.2 Å². The van der Waals surface area contributed by atoms with Gasteiger partial charge in [0.25, 0.3) is 5.91 Å². The van der Waals surface area contributed by atoms with Crippen molar-refractivity contribution in [3.8, 4) is 16.2 Å². The van der Waals surface area contributed by atoms with Crippen LogP contribution in [0, 0.1) is 11.8 Å². The highest BCUT2D eigenvalue weighted by Gasteiger charge is 2.71. The number of amides is 2. The van der Waals surface area contributed by atoms with E-state index < -0.39 is 61.0 Å². The van der Waals surface area contributed by atoms with Gasteiger partial charge in [-0.3, -0.25) is 9.59 Å². The predicted molar refractivity (Wildman–Crippen MR) is 110 cm³/mol. The van der Waals surface area contributed by atoms with Crippen molar-refractivity contribution in [3.63, 3.8) is 0 Å². The highest BCUT2D eigenvalue weighted by Crippen LogP contribution is 2.51. The number of rotatable bonds is 5. The summed E-state index contributed by atoms with van der Waals surface area (Å²) in [4.78, 5) is 26.5. The first-order valence-corrected chi connectivity index (χ1v) is 10.9. The van der Waals surface area contributed by atoms with E-state index in [1.54, 1.807) is 6.07 Å². The van der Waals surface area contributed by atoms with Crippen LogP contribution in [-0.4, -0.2) is 69.6 Å². The first kappa shape index (κ1) is 21.3. The molecule has 6 N–H and O–H groups in total. The van der Waals surface area contributed by atoms with Crippen LogP contribution in [0.4, 0.5) is 0 Å². The first-order valence-electron chi connectivity index (χ1n) is 10.1. The maximum absolute atomic E-state index is 12.6. The minimum absolute atomic E-state index is 0.355. The Labute approximate surface area is 186 Å². The van der Waals surface area contributed by atoms with Crippen LogP contribution in [0.1, 0.15) is 15.2 Å². The fraction of sp³-hybridized carbons (Fsp3) is 0.429. The van der Waals surface area contributed by atoms with Crippen molar-refractivity contribution in [2.24, 2.45) is 11.8 Å². The Balaban J connectivity index is 1.25. The highest BCUT2D eigenvalue weighted by molar-refractivity contribution is 7.17. The Morgan fingerprint density at radius 1 is 1.19 bits per heavy atom. The maximum Gasteiger partial charge on any atom is 0.261 e. The molecule has 11 heteroatoms. The van der Waals surface area contributed by atoms with Crippen molar-refractivity contribution in [1.82, 2.24) is 10.6 Å². The number of carbonyl (C=O) groups is 2. The number of benzene rings is 1. The van der Waals surface area contributed by atoms with E-state index in [9.17, 15) is 30.0 Å². The molecule has 1 aliphatic carbocycles. The van der Waals surface area contributed by atoms with E-state index >= 15 is 0 Å². The molecular weight excluding hydrogens is 440 g/mol. The lowest BCUT2D eigenvalue weighted by Gasteiger charge is -2.51. The van der Waals surface area contributed by atoms with Crippen molar-refractivity contribution in [2.45, 2.75) is 30.8 Å². The van der Waals surface area contributed by atoms with E-state index in [0.29, 0.717) is 11.5 Å². The summed E-state index contributed by atoms with van der Waals surface area (Å²) in [6.45, 7) is -0.613. The van der Waals surface area contributed by atoms with Crippen LogP contribution in [0.15, 0.2) is 30.3 Å². The molecule has 1 aromatic heterocycles. The SMILES string of the molecule is O=C(CNC(=O)c1cc2c(s1)-c1ccccc1OC2)NC12O[C@@H](O)C1C(O)[C@H](O)C2CO. The molecule has 2 aliphatic heterocycles. The smallest absolute Gasteiger partial charge is 0.261 e. The minimum Gasteiger partial charge on any atom is -0.488 e. The van der Waals surface area contributed by atoms with Crippen LogP contribution in [0.5, 0.6) is 5.75 Å². The number of fused-ring (bicyclic) bond motifs is 4. The second-order valence-electron chi connectivity index (χ2n) is 8.08. The third kappa shape index (κ3) is 3.12. The van der Waals surface area contributed by atoms with Gasteiger partial charge < -0.3 is 40.5 Å². The fourth-order valence-corrected chi connectivity index (χ4v) is 5.84. The molecule has 170 valence electrons. The summed E-state index contributed by atoms with van der Waals surface area (Å²) in [6, 6.07) is 9.29.